The van der Waals surface area contributed by atoms with Crippen LogP contribution in [0.2, 0.25) is 0 Å². The van der Waals surface area contributed by atoms with Gasteiger partial charge in [-0.3, -0.25) is 9.13 Å². The average molecular weight is 537 g/mol. The van der Waals surface area contributed by atoms with Gasteiger partial charge in [-0.05, 0) is 65.0 Å². The summed E-state index contributed by atoms with van der Waals surface area (Å²) in [5.41, 5.74) is 9.55. The van der Waals surface area contributed by atoms with E-state index in [2.05, 4.69) is 119 Å². The monoisotopic (exact) mass is 536 g/mol. The SMILES string of the molecule is Cc1ccc(NC(=O)N=c2n(-c3c(C(C)C)cccc3C(C)C)ccn2-c2c(C(C)C)cccc2C(C)C)cc1. The molecule has 0 radical (unpaired) electrons. The molecule has 210 valence electrons. The Morgan fingerprint density at radius 2 is 1.00 bits per heavy atom. The number of aryl methyl sites for hydroxylation is 1. The first-order valence-corrected chi connectivity index (χ1v) is 14.5. The summed E-state index contributed by atoms with van der Waals surface area (Å²) in [5.74, 6) is 1.20. The van der Waals surface area contributed by atoms with Crippen molar-refractivity contribution < 1.29 is 4.79 Å². The molecule has 40 heavy (non-hydrogen) atoms. The average Bonchev–Trinajstić information content (AvgIpc) is 3.31. The fourth-order valence-corrected chi connectivity index (χ4v) is 5.30. The van der Waals surface area contributed by atoms with Gasteiger partial charge < -0.3 is 5.32 Å². The van der Waals surface area contributed by atoms with Crippen molar-refractivity contribution in [2.45, 2.75) is 86.0 Å². The normalized spacial score (nSPS) is 11.6. The van der Waals surface area contributed by atoms with E-state index in [0.29, 0.717) is 29.3 Å². The van der Waals surface area contributed by atoms with Gasteiger partial charge in [0.1, 0.15) is 0 Å². The second kappa shape index (κ2) is 12.1. The fourth-order valence-electron chi connectivity index (χ4n) is 5.30. The first-order chi connectivity index (χ1) is 19.0. The van der Waals surface area contributed by atoms with E-state index >= 15 is 0 Å². The van der Waals surface area contributed by atoms with E-state index < -0.39 is 6.03 Å². The van der Waals surface area contributed by atoms with Crippen LogP contribution in [0.15, 0.2) is 78.0 Å². The maximum atomic E-state index is 13.5. The van der Waals surface area contributed by atoms with Crippen molar-refractivity contribution in [3.05, 3.63) is 106 Å². The third kappa shape index (κ3) is 5.99. The first-order valence-electron chi connectivity index (χ1n) is 14.5. The van der Waals surface area contributed by atoms with Crippen LogP contribution in [-0.2, 0) is 0 Å². The minimum absolute atomic E-state index is 0.299. The van der Waals surface area contributed by atoms with Crippen LogP contribution in [0.25, 0.3) is 11.4 Å². The highest BCUT2D eigenvalue weighted by molar-refractivity contribution is 5.89. The third-order valence-electron chi connectivity index (χ3n) is 7.47. The van der Waals surface area contributed by atoms with Crippen LogP contribution in [0.5, 0.6) is 0 Å². The highest BCUT2D eigenvalue weighted by Crippen LogP contribution is 2.33. The molecule has 0 saturated heterocycles. The zero-order valence-electron chi connectivity index (χ0n) is 25.5. The molecular formula is C35H44N4O. The number of aromatic nitrogens is 2. The number of nitrogens with zero attached hydrogens (tertiary/aromatic N) is 3. The number of anilines is 1. The molecule has 5 nitrogen and oxygen atoms in total. The summed E-state index contributed by atoms with van der Waals surface area (Å²) in [7, 11) is 0. The summed E-state index contributed by atoms with van der Waals surface area (Å²) in [5, 5.41) is 2.98. The molecule has 3 aromatic carbocycles. The van der Waals surface area contributed by atoms with E-state index in [1.54, 1.807) is 0 Å². The molecule has 4 aromatic rings. The van der Waals surface area contributed by atoms with Crippen LogP contribution < -0.4 is 10.9 Å². The van der Waals surface area contributed by atoms with Crippen molar-refractivity contribution in [1.29, 1.82) is 0 Å². The Labute approximate surface area is 239 Å². The molecule has 0 aliphatic rings. The molecule has 1 N–H and O–H groups in total. The summed E-state index contributed by atoms with van der Waals surface area (Å²) < 4.78 is 4.22. The number of amides is 2. The van der Waals surface area contributed by atoms with E-state index in [-0.39, 0.29) is 0 Å². The van der Waals surface area contributed by atoms with Gasteiger partial charge in [-0.25, -0.2) is 4.79 Å². The van der Waals surface area contributed by atoms with E-state index in [4.69, 9.17) is 4.99 Å². The number of carbonyl (C=O) groups excluding carboxylic acids is 1. The lowest BCUT2D eigenvalue weighted by Gasteiger charge is -2.22. The number of rotatable bonds is 7. The Morgan fingerprint density at radius 3 is 1.35 bits per heavy atom. The van der Waals surface area contributed by atoms with Gasteiger partial charge in [0.15, 0.2) is 0 Å². The summed E-state index contributed by atoms with van der Waals surface area (Å²) in [6.07, 6.45) is 4.12. The van der Waals surface area contributed by atoms with E-state index in [1.165, 1.54) is 22.3 Å². The number of nitrogens with one attached hydrogen (secondary N) is 1. The Morgan fingerprint density at radius 1 is 0.625 bits per heavy atom. The highest BCUT2D eigenvalue weighted by atomic mass is 16.2. The van der Waals surface area contributed by atoms with Crippen LogP contribution in [0, 0.1) is 6.92 Å². The molecule has 1 heterocycles. The number of para-hydroxylation sites is 2. The van der Waals surface area contributed by atoms with Gasteiger partial charge >= 0.3 is 6.03 Å². The molecule has 0 spiro atoms. The smallest absolute Gasteiger partial charge is 0.306 e. The van der Waals surface area contributed by atoms with Crippen LogP contribution in [0.4, 0.5) is 10.5 Å². The molecule has 0 saturated carbocycles. The van der Waals surface area contributed by atoms with Crippen molar-refractivity contribution in [2.75, 3.05) is 5.32 Å². The molecule has 4 rings (SSSR count). The Bertz CT molecular complexity index is 1410. The number of imidazole rings is 1. The minimum Gasteiger partial charge on any atom is -0.306 e. The van der Waals surface area contributed by atoms with Gasteiger partial charge in [-0.1, -0.05) is 109 Å². The molecule has 0 unspecified atom stereocenters. The molecule has 0 aliphatic carbocycles. The molecule has 1 aromatic heterocycles. The largest absolute Gasteiger partial charge is 0.348 e. The molecule has 0 bridgehead atoms. The maximum Gasteiger partial charge on any atom is 0.348 e. The highest BCUT2D eigenvalue weighted by Gasteiger charge is 2.22. The van der Waals surface area contributed by atoms with E-state index in [0.717, 1.165) is 22.6 Å². The zero-order chi connectivity index (χ0) is 29.1. The number of hydrogen-bond donors (Lipinski definition) is 1. The van der Waals surface area contributed by atoms with Gasteiger partial charge in [0.05, 0.1) is 11.4 Å². The first kappa shape index (κ1) is 29.1. The van der Waals surface area contributed by atoms with Gasteiger partial charge in [0.25, 0.3) is 0 Å². The lowest BCUT2D eigenvalue weighted by Crippen LogP contribution is -2.29. The third-order valence-corrected chi connectivity index (χ3v) is 7.47. The quantitative estimate of drug-likeness (QED) is 0.251. The Balaban J connectivity index is 2.06. The zero-order valence-corrected chi connectivity index (χ0v) is 25.5. The van der Waals surface area contributed by atoms with Crippen molar-refractivity contribution in [2.24, 2.45) is 4.99 Å². The summed E-state index contributed by atoms with van der Waals surface area (Å²) in [6, 6.07) is 20.4. The lowest BCUT2D eigenvalue weighted by molar-refractivity contribution is 0.258. The van der Waals surface area contributed by atoms with Crippen LogP contribution >= 0.6 is 0 Å². The predicted octanol–water partition coefficient (Wildman–Crippen LogP) is 9.20. The molecular weight excluding hydrogens is 492 g/mol. The summed E-state index contributed by atoms with van der Waals surface area (Å²) in [4.78, 5) is 18.3. The van der Waals surface area contributed by atoms with Gasteiger partial charge in [-0.15, -0.1) is 0 Å². The van der Waals surface area contributed by atoms with Gasteiger partial charge in [0.2, 0.25) is 5.62 Å². The summed E-state index contributed by atoms with van der Waals surface area (Å²) in [6.45, 7) is 19.7. The van der Waals surface area contributed by atoms with Gasteiger partial charge in [0, 0.05) is 18.1 Å². The maximum absolute atomic E-state index is 13.5. The topological polar surface area (TPSA) is 51.3 Å². The van der Waals surface area contributed by atoms with Gasteiger partial charge in [-0.2, -0.15) is 4.99 Å². The molecule has 0 aliphatic heterocycles. The second-order valence-corrected chi connectivity index (χ2v) is 11.9. The van der Waals surface area contributed by atoms with Crippen LogP contribution in [-0.4, -0.2) is 15.2 Å². The van der Waals surface area contributed by atoms with E-state index in [1.807, 2.05) is 31.2 Å². The Kier molecular flexibility index (Phi) is 8.82. The van der Waals surface area contributed by atoms with Crippen molar-refractivity contribution in [3.8, 4) is 11.4 Å². The predicted molar refractivity (Wildman–Crippen MR) is 167 cm³/mol. The number of benzene rings is 3. The number of hydrogen-bond acceptors (Lipinski definition) is 1. The van der Waals surface area contributed by atoms with Crippen LogP contribution in [0.1, 0.15) is 107 Å². The molecule has 2 amide bonds. The molecule has 5 heteroatoms. The van der Waals surface area contributed by atoms with Crippen molar-refractivity contribution >= 4 is 11.7 Å². The van der Waals surface area contributed by atoms with Crippen molar-refractivity contribution in [1.82, 2.24) is 9.13 Å². The second-order valence-electron chi connectivity index (χ2n) is 11.9. The number of carbonyl (C=O) groups is 1. The minimum atomic E-state index is -0.404. The van der Waals surface area contributed by atoms with Crippen molar-refractivity contribution in [3.63, 3.8) is 0 Å². The molecule has 0 fully saturated rings. The number of urea groups is 1. The fraction of sp³-hybridized carbons (Fsp3) is 0.371. The summed E-state index contributed by atoms with van der Waals surface area (Å²) >= 11 is 0. The molecule has 0 atom stereocenters. The standard InChI is InChI=1S/C35H44N4O/c1-22(2)28-12-10-13-29(23(3)4)32(28)38-20-21-39(33-30(24(5)6)14-11-15-31(33)25(7)8)35(38)37-34(40)36-27-18-16-26(9)17-19-27/h10-25H,1-9H3,(H,36,40). The Hall–Kier alpha value is -3.86. The van der Waals surface area contributed by atoms with E-state index in [9.17, 15) is 4.79 Å². The van der Waals surface area contributed by atoms with Crippen LogP contribution in [0.3, 0.4) is 0 Å². The lowest BCUT2D eigenvalue weighted by atomic mass is 9.92.